The van der Waals surface area contributed by atoms with Gasteiger partial charge >= 0.3 is 0 Å². The van der Waals surface area contributed by atoms with Crippen molar-refractivity contribution in [2.24, 2.45) is 0 Å². The van der Waals surface area contributed by atoms with Gasteiger partial charge in [0.05, 0.1) is 14.2 Å². The molecule has 0 fully saturated rings. The Bertz CT molecular complexity index is 690. The average molecular weight is 322 g/mol. The Labute approximate surface area is 145 Å². The molecule has 0 N–H and O–H groups in total. The zero-order valence-corrected chi connectivity index (χ0v) is 14.9. The summed E-state index contributed by atoms with van der Waals surface area (Å²) in [7, 11) is 3.36. The number of rotatable bonds is 7. The Kier molecular flexibility index (Phi) is 7.23. The summed E-state index contributed by atoms with van der Waals surface area (Å²) in [6.45, 7) is 2.23. The molecule has 0 atom stereocenters. The topological polar surface area (TPSA) is 18.5 Å². The molecule has 0 aliphatic heterocycles. The fourth-order valence-electron chi connectivity index (χ4n) is 2.57. The second kappa shape index (κ2) is 9.67. The molecule has 2 rings (SSSR count). The third kappa shape index (κ3) is 5.06. The van der Waals surface area contributed by atoms with Gasteiger partial charge in [-0.05, 0) is 47.9 Å². The van der Waals surface area contributed by atoms with Crippen LogP contribution in [0.3, 0.4) is 0 Å². The van der Waals surface area contributed by atoms with Crippen molar-refractivity contribution < 1.29 is 9.47 Å². The number of hydrogen-bond acceptors (Lipinski definition) is 2. The summed E-state index contributed by atoms with van der Waals surface area (Å²) in [5.41, 5.74) is 3.27. The molecule has 0 aliphatic rings. The fraction of sp³-hybridized carbons (Fsp3) is 0.364. The van der Waals surface area contributed by atoms with E-state index in [1.807, 2.05) is 24.3 Å². The summed E-state index contributed by atoms with van der Waals surface area (Å²) in [5, 5.41) is 0. The minimum absolute atomic E-state index is 0.836. The third-order valence-corrected chi connectivity index (χ3v) is 4.01. The van der Waals surface area contributed by atoms with Gasteiger partial charge in [-0.25, -0.2) is 0 Å². The van der Waals surface area contributed by atoms with Crippen LogP contribution < -0.4 is 9.47 Å². The highest BCUT2D eigenvalue weighted by Crippen LogP contribution is 2.28. The van der Waals surface area contributed by atoms with Crippen LogP contribution >= 0.6 is 0 Å². The van der Waals surface area contributed by atoms with E-state index >= 15 is 0 Å². The Hall–Kier alpha value is -2.40. The van der Waals surface area contributed by atoms with Crippen molar-refractivity contribution >= 4 is 0 Å². The molecule has 24 heavy (non-hydrogen) atoms. The molecule has 0 amide bonds. The third-order valence-electron chi connectivity index (χ3n) is 4.01. The number of ether oxygens (including phenoxy) is 2. The van der Waals surface area contributed by atoms with Gasteiger partial charge in [0.25, 0.3) is 0 Å². The molecule has 0 saturated heterocycles. The van der Waals surface area contributed by atoms with Gasteiger partial charge in [0.2, 0.25) is 0 Å². The predicted molar refractivity (Wildman–Crippen MR) is 101 cm³/mol. The molecule has 2 heteroatoms. The molecule has 0 bridgehead atoms. The summed E-state index contributed by atoms with van der Waals surface area (Å²) >= 11 is 0. The van der Waals surface area contributed by atoms with Crippen molar-refractivity contribution in [1.82, 2.24) is 0 Å². The summed E-state index contributed by atoms with van der Waals surface area (Å²) in [6, 6.07) is 14.1. The van der Waals surface area contributed by atoms with E-state index in [4.69, 9.17) is 9.47 Å². The van der Waals surface area contributed by atoms with E-state index in [9.17, 15) is 0 Å². The van der Waals surface area contributed by atoms with Gasteiger partial charge in [-0.1, -0.05) is 50.2 Å². The average Bonchev–Trinajstić information content (AvgIpc) is 2.64. The van der Waals surface area contributed by atoms with Crippen molar-refractivity contribution in [1.29, 1.82) is 0 Å². The second-order valence-electron chi connectivity index (χ2n) is 5.75. The molecule has 0 spiro atoms. The minimum atomic E-state index is 0.836. The molecule has 0 heterocycles. The van der Waals surface area contributed by atoms with E-state index in [0.717, 1.165) is 34.6 Å². The molecule has 0 radical (unpaired) electrons. The Balaban J connectivity index is 2.22. The van der Waals surface area contributed by atoms with Crippen LogP contribution in [-0.2, 0) is 0 Å². The first-order valence-electron chi connectivity index (χ1n) is 8.59. The normalized spacial score (nSPS) is 9.96. The van der Waals surface area contributed by atoms with Crippen molar-refractivity contribution in [3.63, 3.8) is 0 Å². The maximum atomic E-state index is 5.35. The van der Waals surface area contributed by atoms with Crippen LogP contribution in [-0.4, -0.2) is 14.2 Å². The highest BCUT2D eigenvalue weighted by atomic mass is 16.5. The van der Waals surface area contributed by atoms with E-state index < -0.39 is 0 Å². The maximum absolute atomic E-state index is 5.35. The van der Waals surface area contributed by atoms with Gasteiger partial charge in [0, 0.05) is 12.0 Å². The molecule has 126 valence electrons. The molecular formula is C22H26O2. The highest BCUT2D eigenvalue weighted by Gasteiger charge is 2.05. The maximum Gasteiger partial charge on any atom is 0.120 e. The second-order valence-corrected chi connectivity index (χ2v) is 5.75. The zero-order valence-electron chi connectivity index (χ0n) is 14.9. The molecular weight excluding hydrogens is 296 g/mol. The lowest BCUT2D eigenvalue weighted by molar-refractivity contribution is 0.414. The van der Waals surface area contributed by atoms with Crippen molar-refractivity contribution in [3.05, 3.63) is 48.0 Å². The van der Waals surface area contributed by atoms with Crippen LogP contribution in [0.4, 0.5) is 0 Å². The Morgan fingerprint density at radius 2 is 1.54 bits per heavy atom. The predicted octanol–water partition coefficient (Wildman–Crippen LogP) is 5.69. The van der Waals surface area contributed by atoms with Crippen LogP contribution in [0.2, 0.25) is 0 Å². The van der Waals surface area contributed by atoms with Crippen molar-refractivity contribution in [2.45, 2.75) is 39.0 Å². The minimum Gasteiger partial charge on any atom is -0.497 e. The molecule has 0 aliphatic carbocycles. The van der Waals surface area contributed by atoms with Gasteiger partial charge < -0.3 is 9.47 Å². The molecule has 0 unspecified atom stereocenters. The Morgan fingerprint density at radius 3 is 2.21 bits per heavy atom. The first-order chi connectivity index (χ1) is 11.8. The SMILES string of the molecule is CCCCCCC#Cc1cc(OC)ccc1-c1ccc(OC)cc1. The van der Waals surface area contributed by atoms with Gasteiger partial charge in [0.1, 0.15) is 11.5 Å². The molecule has 2 aromatic rings. The number of methoxy groups -OCH3 is 2. The van der Waals surface area contributed by atoms with Crippen LogP contribution in [0.15, 0.2) is 42.5 Å². The van der Waals surface area contributed by atoms with Gasteiger partial charge in [-0.2, -0.15) is 0 Å². The number of unbranched alkanes of at least 4 members (excludes halogenated alkanes) is 4. The smallest absolute Gasteiger partial charge is 0.120 e. The molecule has 0 saturated carbocycles. The number of hydrogen-bond donors (Lipinski definition) is 0. The summed E-state index contributed by atoms with van der Waals surface area (Å²) in [6.07, 6.45) is 5.92. The molecule has 2 nitrogen and oxygen atoms in total. The zero-order chi connectivity index (χ0) is 17.2. The molecule has 2 aromatic carbocycles. The largest absolute Gasteiger partial charge is 0.497 e. The van der Waals surface area contributed by atoms with E-state index in [2.05, 4.69) is 37.0 Å². The van der Waals surface area contributed by atoms with Gasteiger partial charge in [0.15, 0.2) is 0 Å². The quantitative estimate of drug-likeness (QED) is 0.481. The summed E-state index contributed by atoms with van der Waals surface area (Å²) < 4.78 is 10.6. The van der Waals surface area contributed by atoms with Crippen LogP contribution in [0.5, 0.6) is 11.5 Å². The van der Waals surface area contributed by atoms with Crippen LogP contribution in [0.1, 0.15) is 44.6 Å². The van der Waals surface area contributed by atoms with E-state index in [1.54, 1.807) is 14.2 Å². The van der Waals surface area contributed by atoms with E-state index in [0.29, 0.717) is 0 Å². The summed E-state index contributed by atoms with van der Waals surface area (Å²) in [4.78, 5) is 0. The lowest BCUT2D eigenvalue weighted by Crippen LogP contribution is -1.89. The van der Waals surface area contributed by atoms with Crippen LogP contribution in [0.25, 0.3) is 11.1 Å². The number of benzene rings is 2. The van der Waals surface area contributed by atoms with Gasteiger partial charge in [-0.15, -0.1) is 0 Å². The van der Waals surface area contributed by atoms with Crippen molar-refractivity contribution in [3.8, 4) is 34.5 Å². The lowest BCUT2D eigenvalue weighted by Gasteiger charge is -2.08. The lowest BCUT2D eigenvalue weighted by atomic mass is 9.99. The van der Waals surface area contributed by atoms with Crippen LogP contribution in [0, 0.1) is 11.8 Å². The monoisotopic (exact) mass is 322 g/mol. The molecule has 0 aromatic heterocycles. The van der Waals surface area contributed by atoms with Gasteiger partial charge in [-0.3, -0.25) is 0 Å². The summed E-state index contributed by atoms with van der Waals surface area (Å²) in [5.74, 6) is 8.34. The first-order valence-corrected chi connectivity index (χ1v) is 8.59. The van der Waals surface area contributed by atoms with Crippen molar-refractivity contribution in [2.75, 3.05) is 14.2 Å². The highest BCUT2D eigenvalue weighted by molar-refractivity contribution is 5.72. The first kappa shape index (κ1) is 17.9. The van der Waals surface area contributed by atoms with E-state index in [1.165, 1.54) is 25.7 Å². The standard InChI is InChI=1S/C22H26O2/c1-4-5-6-7-8-9-10-19-17-21(24-3)15-16-22(19)18-11-13-20(23-2)14-12-18/h11-17H,4-8H2,1-3H3. The Morgan fingerprint density at radius 1 is 0.833 bits per heavy atom. The van der Waals surface area contributed by atoms with E-state index in [-0.39, 0.29) is 0 Å². The fourth-order valence-corrected chi connectivity index (χ4v) is 2.57.